The lowest BCUT2D eigenvalue weighted by Gasteiger charge is -2.21. The molecule has 0 atom stereocenters. The Bertz CT molecular complexity index is 914. The average molecular weight is 310 g/mol. The van der Waals surface area contributed by atoms with E-state index in [1.807, 2.05) is 63.1 Å². The number of fused-ring (bicyclic) bond motifs is 2. The van der Waals surface area contributed by atoms with E-state index in [-0.39, 0.29) is 0 Å². The predicted octanol–water partition coefficient (Wildman–Crippen LogP) is 2.39. The molecule has 1 aromatic heterocycles. The molecule has 6 nitrogen and oxygen atoms in total. The summed E-state index contributed by atoms with van der Waals surface area (Å²) in [5.41, 5.74) is 19.5. The lowest BCUT2D eigenvalue weighted by Crippen LogP contribution is -2.14. The molecule has 0 aliphatic heterocycles. The Hall–Kier alpha value is -2.76. The fourth-order valence-electron chi connectivity index (χ4n) is 2.86. The molecule has 3 aromatic rings. The number of nitrogens with two attached hydrogens (primary N) is 2. The summed E-state index contributed by atoms with van der Waals surface area (Å²) in [5.74, 6) is 0. The average Bonchev–Trinajstić information content (AvgIpc) is 2.50. The van der Waals surface area contributed by atoms with Gasteiger partial charge in [-0.3, -0.25) is 0 Å². The van der Waals surface area contributed by atoms with E-state index >= 15 is 0 Å². The SMILES string of the molecule is Cc1c(N)c(N)c2nc3cc(N(C)C)ccc3nc2c1N(C)C. The summed E-state index contributed by atoms with van der Waals surface area (Å²) in [6.07, 6.45) is 0. The Balaban J connectivity index is 2.45. The first-order chi connectivity index (χ1) is 10.8. The van der Waals surface area contributed by atoms with Crippen LogP contribution in [-0.2, 0) is 0 Å². The quantitative estimate of drug-likeness (QED) is 0.558. The minimum absolute atomic E-state index is 0.493. The first-order valence-corrected chi connectivity index (χ1v) is 7.45. The Morgan fingerprint density at radius 2 is 1.48 bits per heavy atom. The standard InChI is InChI=1S/C17H22N6/c1-9-13(18)14(19)15-16(17(9)23(4)5)20-11-7-6-10(22(2)3)8-12(11)21-15/h6-8H,18-19H2,1-5H3. The summed E-state index contributed by atoms with van der Waals surface area (Å²) >= 11 is 0. The van der Waals surface area contributed by atoms with Crippen molar-refractivity contribution in [3.05, 3.63) is 23.8 Å². The minimum Gasteiger partial charge on any atom is -0.397 e. The molecular weight excluding hydrogens is 288 g/mol. The van der Waals surface area contributed by atoms with Crippen LogP contribution in [0.2, 0.25) is 0 Å². The van der Waals surface area contributed by atoms with Crippen LogP contribution in [0.25, 0.3) is 22.1 Å². The maximum Gasteiger partial charge on any atom is 0.117 e. The summed E-state index contributed by atoms with van der Waals surface area (Å²) in [6.45, 7) is 1.96. The number of rotatable bonds is 2. The molecule has 0 saturated heterocycles. The number of hydrogen-bond acceptors (Lipinski definition) is 6. The van der Waals surface area contributed by atoms with Crippen LogP contribution in [0, 0.1) is 6.92 Å². The van der Waals surface area contributed by atoms with Crippen molar-refractivity contribution in [1.29, 1.82) is 0 Å². The van der Waals surface area contributed by atoms with E-state index in [1.54, 1.807) is 0 Å². The zero-order valence-corrected chi connectivity index (χ0v) is 14.2. The number of nitrogen functional groups attached to an aromatic ring is 2. The van der Waals surface area contributed by atoms with Gasteiger partial charge in [-0.15, -0.1) is 0 Å². The molecule has 0 radical (unpaired) electrons. The maximum absolute atomic E-state index is 6.22. The van der Waals surface area contributed by atoms with Crippen molar-refractivity contribution in [2.75, 3.05) is 49.5 Å². The van der Waals surface area contributed by atoms with Gasteiger partial charge in [0.15, 0.2) is 0 Å². The normalized spacial score (nSPS) is 11.2. The van der Waals surface area contributed by atoms with Crippen LogP contribution in [0.4, 0.5) is 22.7 Å². The first kappa shape index (κ1) is 15.1. The molecule has 120 valence electrons. The fourth-order valence-corrected chi connectivity index (χ4v) is 2.86. The van der Waals surface area contributed by atoms with E-state index in [4.69, 9.17) is 21.4 Å². The van der Waals surface area contributed by atoms with Gasteiger partial charge in [-0.25, -0.2) is 9.97 Å². The zero-order chi connectivity index (χ0) is 16.9. The fraction of sp³-hybridized carbons (Fsp3) is 0.294. The van der Waals surface area contributed by atoms with Crippen LogP contribution in [0.15, 0.2) is 18.2 Å². The van der Waals surface area contributed by atoms with E-state index in [1.165, 1.54) is 0 Å². The summed E-state index contributed by atoms with van der Waals surface area (Å²) in [4.78, 5) is 13.6. The van der Waals surface area contributed by atoms with Gasteiger partial charge in [-0.1, -0.05) is 0 Å². The number of anilines is 4. The Morgan fingerprint density at radius 1 is 0.826 bits per heavy atom. The van der Waals surface area contributed by atoms with Gasteiger partial charge >= 0.3 is 0 Å². The van der Waals surface area contributed by atoms with Crippen LogP contribution in [0.3, 0.4) is 0 Å². The Kier molecular flexibility index (Phi) is 3.39. The van der Waals surface area contributed by atoms with Gasteiger partial charge in [0, 0.05) is 33.9 Å². The summed E-state index contributed by atoms with van der Waals surface area (Å²) < 4.78 is 0. The van der Waals surface area contributed by atoms with Crippen LogP contribution < -0.4 is 21.3 Å². The Morgan fingerprint density at radius 3 is 2.09 bits per heavy atom. The molecule has 2 aromatic carbocycles. The van der Waals surface area contributed by atoms with Gasteiger partial charge in [0.05, 0.1) is 28.1 Å². The van der Waals surface area contributed by atoms with Gasteiger partial charge in [0.2, 0.25) is 0 Å². The summed E-state index contributed by atoms with van der Waals surface area (Å²) in [7, 11) is 7.93. The van der Waals surface area contributed by atoms with Crippen molar-refractivity contribution in [3.8, 4) is 0 Å². The monoisotopic (exact) mass is 310 g/mol. The number of benzene rings is 2. The molecular formula is C17H22N6. The van der Waals surface area contributed by atoms with E-state index in [0.29, 0.717) is 16.9 Å². The van der Waals surface area contributed by atoms with Crippen LogP contribution in [0.5, 0.6) is 0 Å². The smallest absolute Gasteiger partial charge is 0.117 e. The van der Waals surface area contributed by atoms with Gasteiger partial charge in [-0.05, 0) is 30.7 Å². The van der Waals surface area contributed by atoms with E-state index in [0.717, 1.165) is 33.5 Å². The highest BCUT2D eigenvalue weighted by Gasteiger charge is 2.18. The lowest BCUT2D eigenvalue weighted by molar-refractivity contribution is 1.12. The van der Waals surface area contributed by atoms with Crippen LogP contribution >= 0.6 is 0 Å². The number of hydrogen-bond donors (Lipinski definition) is 2. The van der Waals surface area contributed by atoms with Crippen molar-refractivity contribution in [2.45, 2.75) is 6.92 Å². The van der Waals surface area contributed by atoms with E-state index < -0.39 is 0 Å². The molecule has 0 bridgehead atoms. The minimum atomic E-state index is 0.493. The highest BCUT2D eigenvalue weighted by Crippen LogP contribution is 2.38. The van der Waals surface area contributed by atoms with Crippen LogP contribution in [-0.4, -0.2) is 38.2 Å². The van der Waals surface area contributed by atoms with Crippen molar-refractivity contribution in [2.24, 2.45) is 0 Å². The molecule has 3 rings (SSSR count). The highest BCUT2D eigenvalue weighted by atomic mass is 15.1. The molecule has 6 heteroatoms. The third-order valence-corrected chi connectivity index (χ3v) is 4.14. The van der Waals surface area contributed by atoms with E-state index in [9.17, 15) is 0 Å². The molecule has 0 aliphatic rings. The largest absolute Gasteiger partial charge is 0.397 e. The molecule has 0 unspecified atom stereocenters. The third kappa shape index (κ3) is 2.27. The zero-order valence-electron chi connectivity index (χ0n) is 14.2. The summed E-state index contributed by atoms with van der Waals surface area (Å²) in [6, 6.07) is 6.02. The number of nitrogens with zero attached hydrogens (tertiary/aromatic N) is 4. The molecule has 0 spiro atoms. The maximum atomic E-state index is 6.22. The first-order valence-electron chi connectivity index (χ1n) is 7.45. The number of aromatic nitrogens is 2. The van der Waals surface area contributed by atoms with E-state index in [2.05, 4.69) is 0 Å². The molecule has 0 amide bonds. The van der Waals surface area contributed by atoms with Gasteiger partial charge in [-0.2, -0.15) is 0 Å². The second kappa shape index (κ2) is 5.15. The molecule has 1 heterocycles. The van der Waals surface area contributed by atoms with Gasteiger partial charge < -0.3 is 21.3 Å². The second-order valence-corrected chi connectivity index (χ2v) is 6.18. The van der Waals surface area contributed by atoms with Crippen molar-refractivity contribution < 1.29 is 0 Å². The highest BCUT2D eigenvalue weighted by molar-refractivity contribution is 6.06. The van der Waals surface area contributed by atoms with Crippen molar-refractivity contribution >= 4 is 44.8 Å². The van der Waals surface area contributed by atoms with Crippen molar-refractivity contribution in [3.63, 3.8) is 0 Å². The molecule has 0 fully saturated rings. The topological polar surface area (TPSA) is 84.3 Å². The van der Waals surface area contributed by atoms with Crippen LogP contribution in [0.1, 0.15) is 5.56 Å². The molecule has 23 heavy (non-hydrogen) atoms. The molecule has 0 aliphatic carbocycles. The summed E-state index contributed by atoms with van der Waals surface area (Å²) in [5, 5.41) is 0. The predicted molar refractivity (Wildman–Crippen MR) is 99.3 cm³/mol. The molecule has 0 saturated carbocycles. The van der Waals surface area contributed by atoms with Gasteiger partial charge in [0.1, 0.15) is 11.0 Å². The van der Waals surface area contributed by atoms with Crippen molar-refractivity contribution in [1.82, 2.24) is 9.97 Å². The third-order valence-electron chi connectivity index (χ3n) is 4.14. The lowest BCUT2D eigenvalue weighted by atomic mass is 10.1. The Labute approximate surface area is 135 Å². The molecule has 4 N–H and O–H groups in total. The van der Waals surface area contributed by atoms with Gasteiger partial charge in [0.25, 0.3) is 0 Å². The second-order valence-electron chi connectivity index (χ2n) is 6.18.